The second-order valence-electron chi connectivity index (χ2n) is 3.41. The first-order valence-corrected chi connectivity index (χ1v) is 5.06. The molecule has 0 saturated heterocycles. The van der Waals surface area contributed by atoms with Gasteiger partial charge >= 0.3 is 63.3 Å². The standard InChI is InChI=1S/C10H18O4.K.H/c11-9(12)7-5-3-1-2-4-6-8-10(13)14;;/h1-8H2,(H,11,12)(H,13,14);;. The van der Waals surface area contributed by atoms with Crippen LogP contribution in [0.15, 0.2) is 0 Å². The van der Waals surface area contributed by atoms with Gasteiger partial charge in [0, 0.05) is 12.8 Å². The van der Waals surface area contributed by atoms with Gasteiger partial charge in [-0.25, -0.2) is 0 Å². The molecule has 0 aliphatic carbocycles. The van der Waals surface area contributed by atoms with Crippen LogP contribution in [-0.2, 0) is 9.59 Å². The first kappa shape index (κ1) is 18.0. The number of hydrogen-bond donors (Lipinski definition) is 2. The molecule has 5 heteroatoms. The molecule has 0 amide bonds. The number of carbonyl (C=O) groups is 2. The monoisotopic (exact) mass is 242 g/mol. The summed E-state index contributed by atoms with van der Waals surface area (Å²) in [5.74, 6) is -1.48. The Labute approximate surface area is 133 Å². The van der Waals surface area contributed by atoms with Crippen LogP contribution in [0.1, 0.15) is 51.4 Å². The van der Waals surface area contributed by atoms with E-state index in [4.69, 9.17) is 10.2 Å². The van der Waals surface area contributed by atoms with E-state index in [1.54, 1.807) is 0 Å². The predicted molar refractivity (Wildman–Crippen MR) is 59.4 cm³/mol. The Hall–Kier alpha value is 0.576. The molecule has 0 aliphatic heterocycles. The SMILES string of the molecule is O=C(O)CCCCCCCCC(=O)O.[KH]. The van der Waals surface area contributed by atoms with E-state index < -0.39 is 11.9 Å². The van der Waals surface area contributed by atoms with Crippen LogP contribution in [0.4, 0.5) is 0 Å². The molecule has 84 valence electrons. The first-order valence-electron chi connectivity index (χ1n) is 5.06. The van der Waals surface area contributed by atoms with Crippen LogP contribution >= 0.6 is 0 Å². The number of carboxylic acid groups (broad SMARTS) is 2. The molecular weight excluding hydrogens is 223 g/mol. The molecule has 0 unspecified atom stereocenters. The van der Waals surface area contributed by atoms with E-state index in [0.29, 0.717) is 0 Å². The third-order valence-electron chi connectivity index (χ3n) is 2.03. The van der Waals surface area contributed by atoms with E-state index >= 15 is 0 Å². The molecule has 0 aromatic carbocycles. The molecule has 0 aliphatic rings. The molecule has 0 heterocycles. The summed E-state index contributed by atoms with van der Waals surface area (Å²) in [6, 6.07) is 0. The van der Waals surface area contributed by atoms with Crippen LogP contribution in [-0.4, -0.2) is 73.5 Å². The number of rotatable bonds is 9. The minimum absolute atomic E-state index is 0. The Morgan fingerprint density at radius 2 is 0.933 bits per heavy atom. The van der Waals surface area contributed by atoms with Crippen molar-refractivity contribution < 1.29 is 19.8 Å². The molecule has 0 saturated carbocycles. The van der Waals surface area contributed by atoms with Crippen LogP contribution < -0.4 is 0 Å². The third kappa shape index (κ3) is 17.2. The van der Waals surface area contributed by atoms with Gasteiger partial charge in [-0.3, -0.25) is 9.59 Å². The number of unbranched alkanes of at least 4 members (excludes halogenated alkanes) is 5. The Balaban J connectivity index is 0. The maximum atomic E-state index is 10.1. The normalized spacial score (nSPS) is 9.33. The molecule has 0 spiro atoms. The summed E-state index contributed by atoms with van der Waals surface area (Å²) in [4.78, 5) is 20.3. The van der Waals surface area contributed by atoms with Gasteiger partial charge in [-0.05, 0) is 12.8 Å². The van der Waals surface area contributed by atoms with Gasteiger partial charge in [-0.15, -0.1) is 0 Å². The van der Waals surface area contributed by atoms with E-state index in [-0.39, 0.29) is 64.2 Å². The molecule has 2 N–H and O–H groups in total. The van der Waals surface area contributed by atoms with Crippen molar-refractivity contribution in [1.29, 1.82) is 0 Å². The van der Waals surface area contributed by atoms with Gasteiger partial charge in [0.05, 0.1) is 0 Å². The fourth-order valence-electron chi connectivity index (χ4n) is 1.26. The van der Waals surface area contributed by atoms with Crippen molar-refractivity contribution in [3.05, 3.63) is 0 Å². The zero-order valence-corrected chi connectivity index (χ0v) is 8.37. The molecular formula is C10H19KO4. The molecule has 0 fully saturated rings. The van der Waals surface area contributed by atoms with Gasteiger partial charge < -0.3 is 10.2 Å². The van der Waals surface area contributed by atoms with Gasteiger partial charge in [-0.1, -0.05) is 25.7 Å². The van der Waals surface area contributed by atoms with Gasteiger partial charge in [0.1, 0.15) is 0 Å². The van der Waals surface area contributed by atoms with Crippen LogP contribution in [0.3, 0.4) is 0 Å². The van der Waals surface area contributed by atoms with Crippen LogP contribution in [0.2, 0.25) is 0 Å². The van der Waals surface area contributed by atoms with Crippen LogP contribution in [0, 0.1) is 0 Å². The fraction of sp³-hybridized carbons (Fsp3) is 0.800. The number of aliphatic carboxylic acids is 2. The predicted octanol–water partition coefficient (Wildman–Crippen LogP) is 1.63. The summed E-state index contributed by atoms with van der Waals surface area (Å²) in [7, 11) is 0. The van der Waals surface area contributed by atoms with E-state index in [1.165, 1.54) is 0 Å². The summed E-state index contributed by atoms with van der Waals surface area (Å²) in [6.45, 7) is 0. The quantitative estimate of drug-likeness (QED) is 0.476. The van der Waals surface area contributed by atoms with Crippen molar-refractivity contribution in [2.45, 2.75) is 51.4 Å². The van der Waals surface area contributed by atoms with Crippen molar-refractivity contribution in [1.82, 2.24) is 0 Å². The molecule has 0 aromatic heterocycles. The zero-order chi connectivity index (χ0) is 10.8. The van der Waals surface area contributed by atoms with Gasteiger partial charge in [0.2, 0.25) is 0 Å². The molecule has 0 radical (unpaired) electrons. The molecule has 0 atom stereocenters. The van der Waals surface area contributed by atoms with Crippen molar-refractivity contribution >= 4 is 63.3 Å². The molecule has 0 rings (SSSR count). The summed E-state index contributed by atoms with van der Waals surface area (Å²) >= 11 is 0. The second-order valence-corrected chi connectivity index (χ2v) is 3.41. The van der Waals surface area contributed by atoms with Gasteiger partial charge in [0.15, 0.2) is 0 Å². The van der Waals surface area contributed by atoms with E-state index in [1.807, 2.05) is 0 Å². The average Bonchev–Trinajstić information content (AvgIpc) is 2.08. The van der Waals surface area contributed by atoms with Gasteiger partial charge in [0.25, 0.3) is 0 Å². The molecule has 15 heavy (non-hydrogen) atoms. The fourth-order valence-corrected chi connectivity index (χ4v) is 1.26. The summed E-state index contributed by atoms with van der Waals surface area (Å²) in [5, 5.41) is 16.7. The van der Waals surface area contributed by atoms with Gasteiger partial charge in [-0.2, -0.15) is 0 Å². The van der Waals surface area contributed by atoms with Crippen molar-refractivity contribution in [2.24, 2.45) is 0 Å². The first-order chi connectivity index (χ1) is 6.63. The van der Waals surface area contributed by atoms with Crippen LogP contribution in [0.5, 0.6) is 0 Å². The molecule has 0 aromatic rings. The Morgan fingerprint density at radius 3 is 1.20 bits per heavy atom. The Kier molecular flexibility index (Phi) is 15.1. The summed E-state index contributed by atoms with van der Waals surface area (Å²) in [6.07, 6.45) is 5.82. The molecule has 4 nitrogen and oxygen atoms in total. The minimum atomic E-state index is -0.740. The van der Waals surface area contributed by atoms with E-state index in [0.717, 1.165) is 38.5 Å². The van der Waals surface area contributed by atoms with E-state index in [9.17, 15) is 9.59 Å². The van der Waals surface area contributed by atoms with Crippen molar-refractivity contribution in [2.75, 3.05) is 0 Å². The Bertz CT molecular complexity index is 162. The average molecular weight is 242 g/mol. The second kappa shape index (κ2) is 12.6. The summed E-state index contributed by atoms with van der Waals surface area (Å²) in [5.41, 5.74) is 0. The number of hydrogen-bond acceptors (Lipinski definition) is 2. The number of carboxylic acids is 2. The van der Waals surface area contributed by atoms with Crippen molar-refractivity contribution in [3.8, 4) is 0 Å². The summed E-state index contributed by atoms with van der Waals surface area (Å²) < 4.78 is 0. The molecule has 0 bridgehead atoms. The van der Waals surface area contributed by atoms with Crippen molar-refractivity contribution in [3.63, 3.8) is 0 Å². The Morgan fingerprint density at radius 1 is 0.667 bits per heavy atom. The maximum absolute atomic E-state index is 10.1. The third-order valence-corrected chi connectivity index (χ3v) is 2.03. The van der Waals surface area contributed by atoms with E-state index in [2.05, 4.69) is 0 Å². The van der Waals surface area contributed by atoms with Crippen LogP contribution in [0.25, 0.3) is 0 Å². The zero-order valence-electron chi connectivity index (χ0n) is 8.37. The topological polar surface area (TPSA) is 74.6 Å².